The quantitative estimate of drug-likeness (QED) is 0.464. The lowest BCUT2D eigenvalue weighted by Crippen LogP contribution is -2.44. The van der Waals surface area contributed by atoms with Gasteiger partial charge in [-0.2, -0.15) is 0 Å². The number of fused-ring (bicyclic) bond motifs is 3. The minimum atomic E-state index is -1.08. The van der Waals surface area contributed by atoms with Crippen LogP contribution < -0.4 is 5.32 Å². The van der Waals surface area contributed by atoms with E-state index in [1.54, 1.807) is 0 Å². The zero-order valence-corrected chi connectivity index (χ0v) is 19.9. The molecule has 0 spiro atoms. The molecule has 1 saturated carbocycles. The number of hydrogen-bond donors (Lipinski definition) is 2. The molecule has 3 aromatic rings. The molecule has 2 amide bonds. The summed E-state index contributed by atoms with van der Waals surface area (Å²) in [6, 6.07) is 25.5. The Morgan fingerprint density at radius 3 is 2.06 bits per heavy atom. The second kappa shape index (κ2) is 9.85. The van der Waals surface area contributed by atoms with Crippen molar-refractivity contribution in [3.63, 3.8) is 0 Å². The van der Waals surface area contributed by atoms with Gasteiger partial charge in [-0.15, -0.1) is 0 Å². The molecule has 2 aliphatic carbocycles. The zero-order valence-electron chi connectivity index (χ0n) is 19.9. The summed E-state index contributed by atoms with van der Waals surface area (Å²) in [5.41, 5.74) is 4.74. The van der Waals surface area contributed by atoms with Gasteiger partial charge in [0.2, 0.25) is 5.91 Å². The summed E-state index contributed by atoms with van der Waals surface area (Å²) in [6.07, 6.45) is 0.775. The minimum Gasteiger partial charge on any atom is -0.480 e. The molecule has 2 N–H and O–H groups in total. The third-order valence-electron chi connectivity index (χ3n) is 6.95. The highest BCUT2D eigenvalue weighted by atomic mass is 16.5. The molecule has 0 saturated heterocycles. The van der Waals surface area contributed by atoms with Gasteiger partial charge in [0, 0.05) is 12.5 Å². The summed E-state index contributed by atoms with van der Waals surface area (Å²) in [5, 5.41) is 12.2. The van der Waals surface area contributed by atoms with Crippen molar-refractivity contribution in [1.82, 2.24) is 10.2 Å². The minimum absolute atomic E-state index is 0.0390. The van der Waals surface area contributed by atoms with Crippen LogP contribution >= 0.6 is 0 Å². The van der Waals surface area contributed by atoms with Crippen molar-refractivity contribution in [2.45, 2.75) is 37.3 Å². The molecule has 7 nitrogen and oxygen atoms in total. The van der Waals surface area contributed by atoms with Crippen LogP contribution in [0.3, 0.4) is 0 Å². The molecule has 0 radical (unpaired) electrons. The highest BCUT2D eigenvalue weighted by Gasteiger charge is 2.47. The number of ether oxygens (including phenoxy) is 1. The Morgan fingerprint density at radius 1 is 0.889 bits per heavy atom. The van der Waals surface area contributed by atoms with Crippen molar-refractivity contribution >= 4 is 18.0 Å². The molecule has 7 heteroatoms. The molecular weight excluding hydrogens is 456 g/mol. The van der Waals surface area contributed by atoms with Gasteiger partial charge in [-0.3, -0.25) is 9.59 Å². The molecular formula is C29H28N2O5. The highest BCUT2D eigenvalue weighted by Crippen LogP contribution is 2.44. The molecule has 3 aromatic carbocycles. The Balaban J connectivity index is 1.20. The molecule has 1 fully saturated rings. The molecule has 0 unspecified atom stereocenters. The molecule has 0 bridgehead atoms. The topological polar surface area (TPSA) is 95.9 Å². The van der Waals surface area contributed by atoms with Gasteiger partial charge in [-0.25, -0.2) is 4.79 Å². The van der Waals surface area contributed by atoms with Crippen molar-refractivity contribution in [3.8, 4) is 11.1 Å². The summed E-state index contributed by atoms with van der Waals surface area (Å²) in [5.74, 6) is -1.43. The van der Waals surface area contributed by atoms with Crippen LogP contribution in [0.25, 0.3) is 11.1 Å². The maximum absolute atomic E-state index is 13.0. The number of hydrogen-bond acceptors (Lipinski definition) is 4. The summed E-state index contributed by atoms with van der Waals surface area (Å²) in [6.45, 7) is 0.00474. The number of rotatable bonds is 9. The molecule has 184 valence electrons. The number of carbonyl (C=O) groups is 3. The lowest BCUT2D eigenvalue weighted by molar-refractivity contribution is -0.145. The summed E-state index contributed by atoms with van der Waals surface area (Å²) in [7, 11) is 0. The molecule has 0 heterocycles. The van der Waals surface area contributed by atoms with Crippen LogP contribution in [0.1, 0.15) is 41.9 Å². The largest absolute Gasteiger partial charge is 0.480 e. The van der Waals surface area contributed by atoms with Gasteiger partial charge in [0.15, 0.2) is 0 Å². The summed E-state index contributed by atoms with van der Waals surface area (Å²) < 4.78 is 5.65. The number of aliphatic carboxylic acids is 1. The number of amides is 2. The fraction of sp³-hybridized carbons (Fsp3) is 0.276. The number of alkyl carbamates (subject to hydrolysis) is 1. The summed E-state index contributed by atoms with van der Waals surface area (Å²) >= 11 is 0. The van der Waals surface area contributed by atoms with Gasteiger partial charge in [-0.05, 0) is 40.7 Å². The fourth-order valence-corrected chi connectivity index (χ4v) is 4.95. The molecule has 0 aliphatic heterocycles. The van der Waals surface area contributed by atoms with Crippen molar-refractivity contribution < 1.29 is 24.2 Å². The van der Waals surface area contributed by atoms with Gasteiger partial charge < -0.3 is 20.1 Å². The average molecular weight is 485 g/mol. The van der Waals surface area contributed by atoms with E-state index < -0.39 is 24.1 Å². The number of benzene rings is 3. The Morgan fingerprint density at radius 2 is 1.47 bits per heavy atom. The number of nitrogens with one attached hydrogen (secondary N) is 1. The molecule has 5 rings (SSSR count). The SMILES string of the molecule is O=C(O)CN(Cc1ccccc1)C(=O)CC1(NC(=O)OCC2c3ccccc3-c3ccccc32)CC1. The maximum Gasteiger partial charge on any atom is 0.407 e. The Kier molecular flexibility index (Phi) is 6.46. The van der Waals surface area contributed by atoms with Crippen molar-refractivity contribution in [2.75, 3.05) is 13.2 Å². The van der Waals surface area contributed by atoms with Crippen molar-refractivity contribution in [3.05, 3.63) is 95.6 Å². The first kappa shape index (κ1) is 23.6. The van der Waals surface area contributed by atoms with Crippen LogP contribution in [0.4, 0.5) is 4.79 Å². The standard InChI is InChI=1S/C29H28N2O5/c32-26(31(18-27(33)34)17-20-8-2-1-3-9-20)16-29(14-15-29)30-28(35)36-19-25-23-12-6-4-10-21(23)22-11-5-7-13-24(22)25/h1-13,25H,14-19H2,(H,30,35)(H,33,34). The van der Waals surface area contributed by atoms with Crippen LogP contribution in [0.2, 0.25) is 0 Å². The van der Waals surface area contributed by atoms with Gasteiger partial charge in [0.25, 0.3) is 0 Å². The Labute approximate surface area is 209 Å². The van der Waals surface area contributed by atoms with Crippen molar-refractivity contribution in [1.29, 1.82) is 0 Å². The monoisotopic (exact) mass is 484 g/mol. The van der Waals surface area contributed by atoms with E-state index in [0.717, 1.165) is 27.8 Å². The van der Waals surface area contributed by atoms with E-state index in [2.05, 4.69) is 29.6 Å². The first-order valence-corrected chi connectivity index (χ1v) is 12.1. The number of carboxylic acid groups (broad SMARTS) is 1. The molecule has 0 aromatic heterocycles. The number of carboxylic acids is 1. The van der Waals surface area contributed by atoms with Gasteiger partial charge in [-0.1, -0.05) is 78.9 Å². The lowest BCUT2D eigenvalue weighted by atomic mass is 9.98. The predicted octanol–water partition coefficient (Wildman–Crippen LogP) is 4.56. The highest BCUT2D eigenvalue weighted by molar-refractivity contribution is 5.83. The van der Waals surface area contributed by atoms with E-state index in [4.69, 9.17) is 4.74 Å². The maximum atomic E-state index is 13.0. The molecule has 36 heavy (non-hydrogen) atoms. The molecule has 0 atom stereocenters. The first-order valence-electron chi connectivity index (χ1n) is 12.1. The second-order valence-electron chi connectivity index (χ2n) is 9.54. The number of carbonyl (C=O) groups excluding carboxylic acids is 2. The van der Waals surface area contributed by atoms with Crippen LogP contribution in [-0.2, 0) is 20.9 Å². The second-order valence-corrected chi connectivity index (χ2v) is 9.54. The van der Waals surface area contributed by atoms with E-state index in [1.807, 2.05) is 54.6 Å². The van der Waals surface area contributed by atoms with E-state index >= 15 is 0 Å². The van der Waals surface area contributed by atoms with E-state index in [-0.39, 0.29) is 31.4 Å². The fourth-order valence-electron chi connectivity index (χ4n) is 4.95. The van der Waals surface area contributed by atoms with Crippen LogP contribution in [-0.4, -0.2) is 46.7 Å². The Hall–Kier alpha value is -4.13. The normalized spacial score (nSPS) is 14.9. The van der Waals surface area contributed by atoms with E-state index in [1.165, 1.54) is 4.90 Å². The molecule has 2 aliphatic rings. The smallest absolute Gasteiger partial charge is 0.407 e. The summed E-state index contributed by atoms with van der Waals surface area (Å²) in [4.78, 5) is 38.5. The van der Waals surface area contributed by atoms with Crippen LogP contribution in [0, 0.1) is 0 Å². The van der Waals surface area contributed by atoms with Gasteiger partial charge >= 0.3 is 12.1 Å². The average Bonchev–Trinajstić information content (AvgIpc) is 3.54. The third-order valence-corrected chi connectivity index (χ3v) is 6.95. The van der Waals surface area contributed by atoms with E-state index in [0.29, 0.717) is 12.8 Å². The van der Waals surface area contributed by atoms with Gasteiger partial charge in [0.05, 0.1) is 12.0 Å². The third kappa shape index (κ3) is 5.10. The number of nitrogens with zero attached hydrogens (tertiary/aromatic N) is 1. The predicted molar refractivity (Wildman–Crippen MR) is 134 cm³/mol. The zero-order chi connectivity index (χ0) is 25.1. The first-order chi connectivity index (χ1) is 17.4. The Bertz CT molecular complexity index is 1240. The van der Waals surface area contributed by atoms with Gasteiger partial charge in [0.1, 0.15) is 13.2 Å². The lowest BCUT2D eigenvalue weighted by Gasteiger charge is -2.24. The van der Waals surface area contributed by atoms with Crippen LogP contribution in [0.5, 0.6) is 0 Å². The van der Waals surface area contributed by atoms with Crippen LogP contribution in [0.15, 0.2) is 78.9 Å². The van der Waals surface area contributed by atoms with E-state index in [9.17, 15) is 19.5 Å². The van der Waals surface area contributed by atoms with Crippen molar-refractivity contribution in [2.24, 2.45) is 0 Å².